The fraction of sp³-hybridized carbons (Fsp3) is 0.174. The highest BCUT2D eigenvalue weighted by Gasteiger charge is 2.33. The number of aryl methyl sites for hydroxylation is 1. The zero-order valence-electron chi connectivity index (χ0n) is 17.4. The van der Waals surface area contributed by atoms with Crippen LogP contribution in [-0.2, 0) is 4.79 Å². The fourth-order valence-corrected chi connectivity index (χ4v) is 4.24. The Morgan fingerprint density at radius 1 is 1.19 bits per heavy atom. The Labute approximate surface area is 192 Å². The van der Waals surface area contributed by atoms with Crippen molar-refractivity contribution in [2.24, 2.45) is 0 Å². The summed E-state index contributed by atoms with van der Waals surface area (Å²) >= 11 is 3.47. The van der Waals surface area contributed by atoms with E-state index in [1.807, 2.05) is 55.5 Å². The molecule has 0 spiro atoms. The predicted molar refractivity (Wildman–Crippen MR) is 123 cm³/mol. The first-order valence-electron chi connectivity index (χ1n) is 10.0. The van der Waals surface area contributed by atoms with Crippen molar-refractivity contribution in [2.75, 3.05) is 12.4 Å². The van der Waals surface area contributed by atoms with E-state index in [9.17, 15) is 4.79 Å². The first-order valence-corrected chi connectivity index (χ1v) is 10.8. The van der Waals surface area contributed by atoms with E-state index >= 15 is 0 Å². The number of anilines is 1. The zero-order valence-corrected chi connectivity index (χ0v) is 19.0. The van der Waals surface area contributed by atoms with Crippen molar-refractivity contribution in [3.63, 3.8) is 0 Å². The number of benzene rings is 2. The zero-order chi connectivity index (χ0) is 22.2. The molecule has 4 aromatic rings. The van der Waals surface area contributed by atoms with E-state index in [1.54, 1.807) is 18.0 Å². The van der Waals surface area contributed by atoms with E-state index in [4.69, 9.17) is 4.74 Å². The molecule has 1 N–H and O–H groups in total. The van der Waals surface area contributed by atoms with Gasteiger partial charge in [-0.05, 0) is 36.8 Å². The van der Waals surface area contributed by atoms with Crippen LogP contribution in [0, 0.1) is 6.92 Å². The molecule has 0 aliphatic carbocycles. The van der Waals surface area contributed by atoms with Crippen LogP contribution < -0.4 is 10.1 Å². The van der Waals surface area contributed by atoms with Gasteiger partial charge in [-0.1, -0.05) is 40.2 Å². The highest BCUT2D eigenvalue weighted by Crippen LogP contribution is 2.40. The van der Waals surface area contributed by atoms with E-state index in [0.29, 0.717) is 17.9 Å². The summed E-state index contributed by atoms with van der Waals surface area (Å²) in [7, 11) is 1.62. The summed E-state index contributed by atoms with van der Waals surface area (Å²) < 4.78 is 7.86. The second kappa shape index (κ2) is 8.16. The molecule has 8 nitrogen and oxygen atoms in total. The molecule has 32 heavy (non-hydrogen) atoms. The number of halogens is 1. The standard InChI is InChI=1S/C23H19BrN6O2/c1-13-21-18(14-6-8-16(24)9-7-14)11-20(31)27-22(21)30(29-13)23-26-19(12-25-28-23)15-4-3-5-17(10-15)32-2/h3-10,12,18H,11H2,1-2H3,(H,27,31)/t18-/m0/s1. The van der Waals surface area contributed by atoms with Gasteiger partial charge in [0, 0.05) is 27.9 Å². The Morgan fingerprint density at radius 2 is 2.00 bits per heavy atom. The quantitative estimate of drug-likeness (QED) is 0.458. The molecule has 0 radical (unpaired) electrons. The predicted octanol–water partition coefficient (Wildman–Crippen LogP) is 4.28. The van der Waals surface area contributed by atoms with Crippen molar-refractivity contribution < 1.29 is 9.53 Å². The number of rotatable bonds is 4. The van der Waals surface area contributed by atoms with Gasteiger partial charge in [0.05, 0.1) is 24.7 Å². The monoisotopic (exact) mass is 490 g/mol. The number of methoxy groups -OCH3 is 1. The van der Waals surface area contributed by atoms with Gasteiger partial charge < -0.3 is 10.1 Å². The first kappa shape index (κ1) is 20.3. The first-order chi connectivity index (χ1) is 15.5. The molecular formula is C23H19BrN6O2. The molecule has 5 rings (SSSR count). The molecule has 1 aliphatic rings. The maximum atomic E-state index is 12.6. The topological polar surface area (TPSA) is 94.8 Å². The van der Waals surface area contributed by atoms with Gasteiger partial charge in [0.1, 0.15) is 11.6 Å². The Bertz CT molecular complexity index is 1320. The van der Waals surface area contributed by atoms with E-state index < -0.39 is 0 Å². The fourth-order valence-electron chi connectivity index (χ4n) is 3.98. The number of aromatic nitrogens is 5. The average Bonchev–Trinajstić information content (AvgIpc) is 3.15. The van der Waals surface area contributed by atoms with Gasteiger partial charge in [0.15, 0.2) is 0 Å². The van der Waals surface area contributed by atoms with Gasteiger partial charge in [-0.3, -0.25) is 4.79 Å². The number of fused-ring (bicyclic) bond motifs is 1. The molecule has 0 saturated carbocycles. The number of ether oxygens (including phenoxy) is 1. The minimum absolute atomic E-state index is 0.0801. The van der Waals surface area contributed by atoms with Crippen LogP contribution in [-0.4, -0.2) is 38.0 Å². The number of nitrogens with one attached hydrogen (secondary N) is 1. The van der Waals surface area contributed by atoms with Crippen LogP contribution in [0.3, 0.4) is 0 Å². The maximum absolute atomic E-state index is 12.6. The average molecular weight is 491 g/mol. The summed E-state index contributed by atoms with van der Waals surface area (Å²) in [6, 6.07) is 15.6. The second-order valence-corrected chi connectivity index (χ2v) is 8.41. The normalized spacial score (nSPS) is 15.2. The van der Waals surface area contributed by atoms with E-state index in [0.717, 1.165) is 32.6 Å². The summed E-state index contributed by atoms with van der Waals surface area (Å²) in [6.45, 7) is 1.93. The molecule has 3 heterocycles. The second-order valence-electron chi connectivity index (χ2n) is 7.49. The van der Waals surface area contributed by atoms with Gasteiger partial charge in [0.25, 0.3) is 5.95 Å². The summed E-state index contributed by atoms with van der Waals surface area (Å²) in [5.74, 6) is 1.40. The van der Waals surface area contributed by atoms with Crippen molar-refractivity contribution in [3.8, 4) is 23.0 Å². The molecule has 1 amide bonds. The molecule has 2 aromatic carbocycles. The third kappa shape index (κ3) is 3.64. The van der Waals surface area contributed by atoms with Crippen LogP contribution >= 0.6 is 15.9 Å². The van der Waals surface area contributed by atoms with E-state index in [1.165, 1.54) is 0 Å². The summed E-state index contributed by atoms with van der Waals surface area (Å²) in [5, 5.41) is 15.9. The summed E-state index contributed by atoms with van der Waals surface area (Å²) in [5.41, 5.74) is 4.29. The Kier molecular flexibility index (Phi) is 5.18. The molecule has 1 atom stereocenters. The van der Waals surface area contributed by atoms with Crippen LogP contribution in [0.25, 0.3) is 17.2 Å². The van der Waals surface area contributed by atoms with Crippen molar-refractivity contribution in [1.29, 1.82) is 0 Å². The highest BCUT2D eigenvalue weighted by atomic mass is 79.9. The van der Waals surface area contributed by atoms with Crippen LogP contribution in [0.4, 0.5) is 5.82 Å². The Balaban J connectivity index is 1.60. The molecular weight excluding hydrogens is 472 g/mol. The van der Waals surface area contributed by atoms with Gasteiger partial charge >= 0.3 is 0 Å². The molecule has 9 heteroatoms. The van der Waals surface area contributed by atoms with E-state index in [-0.39, 0.29) is 17.8 Å². The molecule has 0 bridgehead atoms. The molecule has 0 unspecified atom stereocenters. The van der Waals surface area contributed by atoms with Crippen molar-refractivity contribution >= 4 is 27.7 Å². The SMILES string of the molecule is COc1cccc(-c2cnnc(-n3nc(C)c4c3NC(=O)C[C@H]4c3ccc(Br)cc3)n2)c1. The minimum Gasteiger partial charge on any atom is -0.497 e. The molecule has 2 aromatic heterocycles. The summed E-state index contributed by atoms with van der Waals surface area (Å²) in [6.07, 6.45) is 1.94. The number of hydrogen-bond acceptors (Lipinski definition) is 6. The number of nitrogens with zero attached hydrogens (tertiary/aromatic N) is 5. The molecule has 1 aliphatic heterocycles. The van der Waals surface area contributed by atoms with Crippen molar-refractivity contribution in [1.82, 2.24) is 25.0 Å². The number of carbonyl (C=O) groups is 1. The van der Waals surface area contributed by atoms with Gasteiger partial charge in [-0.2, -0.15) is 14.9 Å². The maximum Gasteiger partial charge on any atom is 0.272 e. The highest BCUT2D eigenvalue weighted by molar-refractivity contribution is 9.10. The van der Waals surface area contributed by atoms with Crippen LogP contribution in [0.1, 0.15) is 29.2 Å². The number of carbonyl (C=O) groups excluding carboxylic acids is 1. The largest absolute Gasteiger partial charge is 0.497 e. The van der Waals surface area contributed by atoms with Crippen molar-refractivity contribution in [2.45, 2.75) is 19.3 Å². The van der Waals surface area contributed by atoms with Gasteiger partial charge in [-0.25, -0.2) is 4.98 Å². The van der Waals surface area contributed by atoms with E-state index in [2.05, 4.69) is 41.5 Å². The lowest BCUT2D eigenvalue weighted by Crippen LogP contribution is -2.25. The van der Waals surface area contributed by atoms with Crippen LogP contribution in [0.2, 0.25) is 0 Å². The summed E-state index contributed by atoms with van der Waals surface area (Å²) in [4.78, 5) is 17.3. The lowest BCUT2D eigenvalue weighted by molar-refractivity contribution is -0.116. The molecule has 0 fully saturated rings. The number of hydrogen-bond donors (Lipinski definition) is 1. The minimum atomic E-state index is -0.102. The van der Waals surface area contributed by atoms with Gasteiger partial charge in [0.2, 0.25) is 5.91 Å². The van der Waals surface area contributed by atoms with Gasteiger partial charge in [-0.15, -0.1) is 5.10 Å². The smallest absolute Gasteiger partial charge is 0.272 e. The Morgan fingerprint density at radius 3 is 2.78 bits per heavy atom. The lowest BCUT2D eigenvalue weighted by Gasteiger charge is -2.24. The molecule has 160 valence electrons. The van der Waals surface area contributed by atoms with Crippen molar-refractivity contribution in [3.05, 3.63) is 76.0 Å². The van der Waals surface area contributed by atoms with Crippen LogP contribution in [0.5, 0.6) is 5.75 Å². The number of amides is 1. The third-order valence-corrected chi connectivity index (χ3v) is 6.01. The van der Waals surface area contributed by atoms with Crippen LogP contribution in [0.15, 0.2) is 59.2 Å². The molecule has 0 saturated heterocycles. The Hall–Kier alpha value is -3.59. The third-order valence-electron chi connectivity index (χ3n) is 5.48. The lowest BCUT2D eigenvalue weighted by atomic mass is 9.86.